The van der Waals surface area contributed by atoms with Crippen LogP contribution in [0.25, 0.3) is 0 Å². The van der Waals surface area contributed by atoms with E-state index in [9.17, 15) is 71.1 Å². The van der Waals surface area contributed by atoms with Gasteiger partial charge in [0.2, 0.25) is 0 Å². The molecule has 0 aliphatic carbocycles. The summed E-state index contributed by atoms with van der Waals surface area (Å²) in [6.45, 7) is 4.56. The molecule has 32 heavy (non-hydrogen) atoms. The Bertz CT molecular complexity index is 569. The van der Waals surface area contributed by atoms with Crippen LogP contribution in [0.3, 0.4) is 0 Å². The zero-order chi connectivity index (χ0) is 26.4. The van der Waals surface area contributed by atoms with E-state index in [1.165, 1.54) is 0 Å². The number of nitrogens with one attached hydrogen (secondary N) is 2. The van der Waals surface area contributed by atoms with Crippen LogP contribution in [-0.4, -0.2) is 84.4 Å². The molecule has 0 aromatic rings. The zero-order valence-corrected chi connectivity index (χ0v) is 14.8. The molecule has 0 atom stereocenters. The number of carbonyl (C=O) groups is 2. The van der Waals surface area contributed by atoms with Crippen molar-refractivity contribution in [2.75, 3.05) is 26.2 Å². The van der Waals surface area contributed by atoms with Gasteiger partial charge in [0.25, 0.3) is 0 Å². The van der Waals surface area contributed by atoms with E-state index >= 15 is 0 Å². The average molecular weight is 514 g/mol. The first-order valence-electron chi connectivity index (χ1n) is 7.42. The molecular formula is C12H12F14N2O4. The van der Waals surface area contributed by atoms with Crippen LogP contribution < -0.4 is 10.6 Å². The Labute approximate surface area is 167 Å². The van der Waals surface area contributed by atoms with Crippen molar-refractivity contribution in [1.29, 1.82) is 0 Å². The van der Waals surface area contributed by atoms with Crippen LogP contribution in [-0.2, 0) is 9.59 Å². The number of alkyl halides is 14. The van der Waals surface area contributed by atoms with Crippen LogP contribution in [0.15, 0.2) is 0 Å². The number of piperazine rings is 1. The van der Waals surface area contributed by atoms with Crippen molar-refractivity contribution in [2.24, 2.45) is 0 Å². The zero-order valence-electron chi connectivity index (χ0n) is 14.8. The molecule has 0 aromatic heterocycles. The summed E-state index contributed by atoms with van der Waals surface area (Å²) in [5, 5.41) is 21.3. The molecule has 0 radical (unpaired) electrons. The third-order valence-electron chi connectivity index (χ3n) is 3.00. The van der Waals surface area contributed by atoms with E-state index in [1.807, 2.05) is 0 Å². The minimum atomic E-state index is -6.60. The number of halogens is 14. The van der Waals surface area contributed by atoms with E-state index < -0.39 is 48.0 Å². The van der Waals surface area contributed by atoms with Gasteiger partial charge in [-0.2, -0.15) is 61.5 Å². The summed E-state index contributed by atoms with van der Waals surface area (Å²) in [6.07, 6.45) is -13.2. The van der Waals surface area contributed by atoms with Gasteiger partial charge in [-0.25, -0.2) is 9.59 Å². The summed E-state index contributed by atoms with van der Waals surface area (Å²) >= 11 is 0. The number of aliphatic carboxylic acids is 2. The summed E-state index contributed by atoms with van der Waals surface area (Å²) in [7, 11) is 0. The maximum absolute atomic E-state index is 11.8. The maximum Gasteiger partial charge on any atom is 0.460 e. The van der Waals surface area contributed by atoms with Gasteiger partial charge in [0.1, 0.15) is 0 Å². The molecule has 1 aliphatic heterocycles. The minimum Gasteiger partial charge on any atom is -0.477 e. The molecule has 0 spiro atoms. The van der Waals surface area contributed by atoms with Crippen molar-refractivity contribution >= 4 is 11.9 Å². The Hall–Kier alpha value is -2.12. The third-order valence-corrected chi connectivity index (χ3v) is 3.00. The molecule has 192 valence electrons. The van der Waals surface area contributed by atoms with Gasteiger partial charge in [-0.15, -0.1) is 0 Å². The standard InChI is InChI=1S/2C4HF7O2.C4H10N2/c2*5-2(6,1(12)13)3(7,8)4(9,10)11;1-2-6-4-3-5-1/h2*(H,12,13);5-6H,1-4H2. The van der Waals surface area contributed by atoms with Crippen LogP contribution in [0, 0.1) is 0 Å². The van der Waals surface area contributed by atoms with Gasteiger partial charge in [0, 0.05) is 26.2 Å². The fraction of sp³-hybridized carbons (Fsp3) is 0.833. The van der Waals surface area contributed by atoms with Crippen molar-refractivity contribution in [2.45, 2.75) is 36.0 Å². The first-order chi connectivity index (χ1) is 13.9. The molecule has 1 saturated heterocycles. The van der Waals surface area contributed by atoms with E-state index in [2.05, 4.69) is 10.6 Å². The van der Waals surface area contributed by atoms with Crippen LogP contribution in [0.1, 0.15) is 0 Å². The molecule has 0 saturated carbocycles. The average Bonchev–Trinajstić information content (AvgIpc) is 2.61. The second-order valence-electron chi connectivity index (χ2n) is 5.40. The minimum absolute atomic E-state index is 1.14. The van der Waals surface area contributed by atoms with E-state index in [0.29, 0.717) is 0 Å². The molecule has 1 heterocycles. The molecule has 20 heteroatoms. The lowest BCUT2D eigenvalue weighted by Crippen LogP contribution is -2.56. The smallest absolute Gasteiger partial charge is 0.460 e. The van der Waals surface area contributed by atoms with Crippen LogP contribution >= 0.6 is 0 Å². The highest BCUT2D eigenvalue weighted by atomic mass is 19.4. The van der Waals surface area contributed by atoms with E-state index in [-0.39, 0.29) is 0 Å². The highest BCUT2D eigenvalue weighted by molar-refractivity contribution is 5.77. The monoisotopic (exact) mass is 514 g/mol. The Morgan fingerprint density at radius 1 is 0.500 bits per heavy atom. The summed E-state index contributed by atoms with van der Waals surface area (Å²) in [4.78, 5) is 18.8. The molecule has 4 N–H and O–H groups in total. The van der Waals surface area contributed by atoms with Gasteiger partial charge >= 0.3 is 48.0 Å². The van der Waals surface area contributed by atoms with Gasteiger partial charge in [-0.05, 0) is 0 Å². The van der Waals surface area contributed by atoms with Crippen LogP contribution in [0.2, 0.25) is 0 Å². The predicted molar refractivity (Wildman–Crippen MR) is 72.9 cm³/mol. The second kappa shape index (κ2) is 10.7. The highest BCUT2D eigenvalue weighted by Crippen LogP contribution is 2.47. The molecule has 0 unspecified atom stereocenters. The summed E-state index contributed by atoms with van der Waals surface area (Å²) in [6, 6.07) is 0. The summed E-state index contributed by atoms with van der Waals surface area (Å²) < 4.78 is 161. The van der Waals surface area contributed by atoms with Crippen molar-refractivity contribution < 1.29 is 81.3 Å². The fourth-order valence-electron chi connectivity index (χ4n) is 1.23. The Morgan fingerprint density at radius 2 is 0.688 bits per heavy atom. The van der Waals surface area contributed by atoms with Crippen molar-refractivity contribution in [3.05, 3.63) is 0 Å². The Kier molecular flexibility index (Phi) is 10.7. The Morgan fingerprint density at radius 3 is 0.750 bits per heavy atom. The number of carboxylic acid groups (broad SMARTS) is 2. The SMILES string of the molecule is C1CNCCN1.O=C(O)C(F)(F)C(F)(F)C(F)(F)F.O=C(O)C(F)(F)C(F)(F)C(F)(F)F. The quantitative estimate of drug-likeness (QED) is 0.431. The molecule has 1 rings (SSSR count). The highest BCUT2D eigenvalue weighted by Gasteiger charge is 2.77. The van der Waals surface area contributed by atoms with Gasteiger partial charge in [-0.3, -0.25) is 0 Å². The molecule has 1 fully saturated rings. The molecular weight excluding hydrogens is 502 g/mol. The number of rotatable bonds is 4. The van der Waals surface area contributed by atoms with E-state index in [4.69, 9.17) is 10.2 Å². The van der Waals surface area contributed by atoms with Gasteiger partial charge in [0.05, 0.1) is 0 Å². The topological polar surface area (TPSA) is 98.7 Å². The molecule has 0 bridgehead atoms. The molecule has 0 aromatic carbocycles. The van der Waals surface area contributed by atoms with Crippen molar-refractivity contribution in [3.8, 4) is 0 Å². The largest absolute Gasteiger partial charge is 0.477 e. The van der Waals surface area contributed by atoms with E-state index in [0.717, 1.165) is 26.2 Å². The second-order valence-corrected chi connectivity index (χ2v) is 5.40. The summed E-state index contributed by atoms with van der Waals surface area (Å²) in [5.41, 5.74) is 0. The fourth-order valence-corrected chi connectivity index (χ4v) is 1.23. The van der Waals surface area contributed by atoms with Crippen LogP contribution in [0.5, 0.6) is 0 Å². The first-order valence-corrected chi connectivity index (χ1v) is 7.42. The van der Waals surface area contributed by atoms with Gasteiger partial charge in [-0.1, -0.05) is 0 Å². The third kappa shape index (κ3) is 7.48. The lowest BCUT2D eigenvalue weighted by molar-refractivity contribution is -0.347. The number of hydrogen-bond donors (Lipinski definition) is 4. The lowest BCUT2D eigenvalue weighted by Gasteiger charge is -2.24. The first kappa shape index (κ1) is 32.1. The predicted octanol–water partition coefficient (Wildman–Crippen LogP) is 2.99. The maximum atomic E-state index is 11.8. The molecule has 0 amide bonds. The van der Waals surface area contributed by atoms with E-state index in [1.54, 1.807) is 0 Å². The van der Waals surface area contributed by atoms with Gasteiger partial charge in [0.15, 0.2) is 0 Å². The lowest BCUT2D eigenvalue weighted by atomic mass is 10.1. The van der Waals surface area contributed by atoms with Crippen molar-refractivity contribution in [1.82, 2.24) is 10.6 Å². The van der Waals surface area contributed by atoms with Gasteiger partial charge < -0.3 is 20.8 Å². The Balaban J connectivity index is 0. The molecule has 1 aliphatic rings. The van der Waals surface area contributed by atoms with Crippen molar-refractivity contribution in [3.63, 3.8) is 0 Å². The number of carboxylic acids is 2. The summed E-state index contributed by atoms with van der Waals surface area (Å²) in [5.74, 6) is -32.5. The normalized spacial score (nSPS) is 16.2. The van der Waals surface area contributed by atoms with Crippen LogP contribution in [0.4, 0.5) is 61.5 Å². The molecule has 6 nitrogen and oxygen atoms in total. The number of hydrogen-bond acceptors (Lipinski definition) is 4.